The van der Waals surface area contributed by atoms with Crippen LogP contribution in [0.1, 0.15) is 37.7 Å². The van der Waals surface area contributed by atoms with Gasteiger partial charge in [-0.2, -0.15) is 5.10 Å². The average molecular weight is 444 g/mol. The Morgan fingerprint density at radius 2 is 2.00 bits per heavy atom. The number of benzene rings is 1. The summed E-state index contributed by atoms with van der Waals surface area (Å²) >= 11 is 6.49. The lowest BCUT2D eigenvalue weighted by atomic mass is 9.48. The molecule has 6 rings (SSSR count). The van der Waals surface area contributed by atoms with Crippen molar-refractivity contribution in [3.63, 3.8) is 0 Å². The molecular formula is C23H26ClN3O4. The molecule has 5 atom stereocenters. The van der Waals surface area contributed by atoms with Crippen LogP contribution in [-0.2, 0) is 16.9 Å². The highest BCUT2D eigenvalue weighted by Gasteiger charge is 2.61. The van der Waals surface area contributed by atoms with Crippen LogP contribution in [0.25, 0.3) is 0 Å². The van der Waals surface area contributed by atoms with Crippen molar-refractivity contribution in [2.75, 3.05) is 12.4 Å². The summed E-state index contributed by atoms with van der Waals surface area (Å²) in [6, 6.07) is 7.61. The Morgan fingerprint density at radius 3 is 2.68 bits per heavy atom. The normalized spacial score (nSPS) is 30.9. The van der Waals surface area contributed by atoms with Gasteiger partial charge in [-0.05, 0) is 55.9 Å². The number of rotatable bonds is 6. The predicted molar refractivity (Wildman–Crippen MR) is 116 cm³/mol. The van der Waals surface area contributed by atoms with Gasteiger partial charge in [0.2, 0.25) is 0 Å². The van der Waals surface area contributed by atoms with E-state index in [0.717, 1.165) is 30.6 Å². The predicted octanol–water partition coefficient (Wildman–Crippen LogP) is 3.75. The molecule has 2 unspecified atom stereocenters. The molecule has 0 saturated heterocycles. The summed E-state index contributed by atoms with van der Waals surface area (Å²) in [5.74, 6) is 0.360. The molecule has 31 heavy (non-hydrogen) atoms. The Morgan fingerprint density at radius 1 is 1.29 bits per heavy atom. The summed E-state index contributed by atoms with van der Waals surface area (Å²) in [5, 5.41) is 17.7. The van der Waals surface area contributed by atoms with Gasteiger partial charge in [0.25, 0.3) is 5.56 Å². The SMILES string of the molecule is COc1ccccc1CNc1cnn(C23C[C@@H]4CC(C[C@@H](C4)C2)[C@@H]3C(=O)O)c(=O)c1Cl. The summed E-state index contributed by atoms with van der Waals surface area (Å²) in [6.07, 6.45) is 5.94. The first-order valence-electron chi connectivity index (χ1n) is 10.8. The second-order valence-corrected chi connectivity index (χ2v) is 9.66. The average Bonchev–Trinajstić information content (AvgIpc) is 2.73. The van der Waals surface area contributed by atoms with Gasteiger partial charge in [0.15, 0.2) is 0 Å². The zero-order valence-electron chi connectivity index (χ0n) is 17.4. The monoisotopic (exact) mass is 443 g/mol. The zero-order chi connectivity index (χ0) is 21.8. The summed E-state index contributed by atoms with van der Waals surface area (Å²) in [4.78, 5) is 25.6. The van der Waals surface area contributed by atoms with Crippen molar-refractivity contribution >= 4 is 23.3 Å². The van der Waals surface area contributed by atoms with Crippen LogP contribution in [0.3, 0.4) is 0 Å². The van der Waals surface area contributed by atoms with E-state index in [9.17, 15) is 14.7 Å². The smallest absolute Gasteiger partial charge is 0.309 e. The second kappa shape index (κ2) is 7.55. The minimum absolute atomic E-state index is 0.0461. The number of carboxylic acid groups (broad SMARTS) is 1. The molecule has 8 heteroatoms. The van der Waals surface area contributed by atoms with Crippen LogP contribution in [0.4, 0.5) is 5.69 Å². The number of aliphatic carboxylic acids is 1. The van der Waals surface area contributed by atoms with Gasteiger partial charge in [-0.3, -0.25) is 9.59 Å². The molecule has 4 fully saturated rings. The highest BCUT2D eigenvalue weighted by Crippen LogP contribution is 2.61. The number of ether oxygens (including phenoxy) is 1. The molecular weight excluding hydrogens is 418 g/mol. The second-order valence-electron chi connectivity index (χ2n) is 9.28. The summed E-state index contributed by atoms with van der Waals surface area (Å²) < 4.78 is 6.78. The zero-order valence-corrected chi connectivity index (χ0v) is 18.1. The van der Waals surface area contributed by atoms with Crippen molar-refractivity contribution in [2.24, 2.45) is 23.7 Å². The van der Waals surface area contributed by atoms with Crippen LogP contribution in [0.15, 0.2) is 35.3 Å². The number of para-hydroxylation sites is 1. The van der Waals surface area contributed by atoms with E-state index in [1.165, 1.54) is 4.68 Å². The first-order chi connectivity index (χ1) is 14.9. The summed E-state index contributed by atoms with van der Waals surface area (Å²) in [7, 11) is 1.61. The van der Waals surface area contributed by atoms with Crippen molar-refractivity contribution in [3.8, 4) is 5.75 Å². The van der Waals surface area contributed by atoms with Gasteiger partial charge in [-0.15, -0.1) is 0 Å². The molecule has 0 radical (unpaired) electrons. The third-order valence-electron chi connectivity index (χ3n) is 7.54. The van der Waals surface area contributed by atoms with Crippen LogP contribution in [0.2, 0.25) is 5.02 Å². The van der Waals surface area contributed by atoms with Gasteiger partial charge >= 0.3 is 5.97 Å². The number of carboxylic acids is 1. The number of carbonyl (C=O) groups is 1. The minimum atomic E-state index is -0.827. The molecule has 1 aromatic heterocycles. The van der Waals surface area contributed by atoms with Crippen molar-refractivity contribution in [1.29, 1.82) is 0 Å². The fourth-order valence-corrected chi connectivity index (χ4v) is 6.84. The maximum absolute atomic E-state index is 13.3. The van der Waals surface area contributed by atoms with E-state index in [0.29, 0.717) is 36.9 Å². The van der Waals surface area contributed by atoms with Gasteiger partial charge in [0.05, 0.1) is 30.5 Å². The number of hydrogen-bond acceptors (Lipinski definition) is 5. The highest BCUT2D eigenvalue weighted by atomic mass is 35.5. The Balaban J connectivity index is 1.48. The van der Waals surface area contributed by atoms with Crippen LogP contribution < -0.4 is 15.6 Å². The Bertz CT molecular complexity index is 1070. The number of hydrogen-bond donors (Lipinski definition) is 2. The van der Waals surface area contributed by atoms with Crippen LogP contribution in [0.5, 0.6) is 5.75 Å². The first-order valence-corrected chi connectivity index (χ1v) is 11.2. The topological polar surface area (TPSA) is 93.4 Å². The van der Waals surface area contributed by atoms with Gasteiger partial charge in [0, 0.05) is 12.1 Å². The number of halogens is 1. The fraction of sp³-hybridized carbons (Fsp3) is 0.522. The molecule has 0 amide bonds. The van der Waals surface area contributed by atoms with Crippen molar-refractivity contribution in [3.05, 3.63) is 51.4 Å². The van der Waals surface area contributed by atoms with Crippen LogP contribution in [-0.4, -0.2) is 28.0 Å². The molecule has 0 spiro atoms. The van der Waals surface area contributed by atoms with E-state index in [4.69, 9.17) is 16.3 Å². The van der Waals surface area contributed by atoms with Gasteiger partial charge in [0.1, 0.15) is 10.8 Å². The molecule has 164 valence electrons. The van der Waals surface area contributed by atoms with Crippen molar-refractivity contribution in [2.45, 2.75) is 44.2 Å². The number of methoxy groups -OCH3 is 1. The quantitative estimate of drug-likeness (QED) is 0.706. The Labute approximate surface area is 185 Å². The summed E-state index contributed by atoms with van der Waals surface area (Å²) in [5.41, 5.74) is 0.172. The molecule has 4 aliphatic carbocycles. The lowest BCUT2D eigenvalue weighted by Crippen LogP contribution is -2.63. The molecule has 4 bridgehead atoms. The first kappa shape index (κ1) is 20.4. The van der Waals surface area contributed by atoms with E-state index in [-0.39, 0.29) is 10.9 Å². The third kappa shape index (κ3) is 3.21. The molecule has 2 N–H and O–H groups in total. The van der Waals surface area contributed by atoms with Crippen molar-refractivity contribution in [1.82, 2.24) is 9.78 Å². The maximum Gasteiger partial charge on any atom is 0.309 e. The third-order valence-corrected chi connectivity index (χ3v) is 7.91. The summed E-state index contributed by atoms with van der Waals surface area (Å²) in [6.45, 7) is 0.421. The van der Waals surface area contributed by atoms with E-state index in [1.807, 2.05) is 24.3 Å². The number of nitrogens with one attached hydrogen (secondary N) is 1. The molecule has 0 aliphatic heterocycles. The molecule has 2 aromatic rings. The Hall–Kier alpha value is -2.54. The standard InChI is InChI=1S/C23H26ClN3O4/c1-31-18-5-3-2-4-15(18)11-25-17-12-26-27(21(28)20(17)24)23-9-13-6-14(10-23)8-16(7-13)19(23)22(29)30/h2-5,12-14,16,19,25H,6-11H2,1H3,(H,29,30)/t13-,14+,16?,19-,23?/m1/s1. The number of aromatic nitrogens is 2. The molecule has 4 saturated carbocycles. The number of nitrogens with zero attached hydrogens (tertiary/aromatic N) is 2. The lowest BCUT2D eigenvalue weighted by molar-refractivity contribution is -0.168. The van der Waals surface area contributed by atoms with E-state index in [1.54, 1.807) is 13.3 Å². The fourth-order valence-electron chi connectivity index (χ4n) is 6.65. The molecule has 1 aromatic carbocycles. The molecule has 4 aliphatic rings. The minimum Gasteiger partial charge on any atom is -0.496 e. The van der Waals surface area contributed by atoms with Gasteiger partial charge < -0.3 is 15.2 Å². The van der Waals surface area contributed by atoms with Crippen LogP contribution >= 0.6 is 11.6 Å². The van der Waals surface area contributed by atoms with E-state index < -0.39 is 23.0 Å². The van der Waals surface area contributed by atoms with Crippen LogP contribution in [0, 0.1) is 23.7 Å². The maximum atomic E-state index is 13.3. The van der Waals surface area contributed by atoms with E-state index >= 15 is 0 Å². The highest BCUT2D eigenvalue weighted by molar-refractivity contribution is 6.32. The molecule has 7 nitrogen and oxygen atoms in total. The number of anilines is 1. The Kier molecular flexibility index (Phi) is 4.96. The van der Waals surface area contributed by atoms with E-state index in [2.05, 4.69) is 10.4 Å². The van der Waals surface area contributed by atoms with Crippen molar-refractivity contribution < 1.29 is 14.6 Å². The largest absolute Gasteiger partial charge is 0.496 e. The lowest BCUT2D eigenvalue weighted by Gasteiger charge is -2.59. The van der Waals surface area contributed by atoms with Gasteiger partial charge in [-0.25, -0.2) is 4.68 Å². The van der Waals surface area contributed by atoms with Gasteiger partial charge in [-0.1, -0.05) is 29.8 Å². The molecule has 1 heterocycles.